The third-order valence-electron chi connectivity index (χ3n) is 21.2. The van der Waals surface area contributed by atoms with Gasteiger partial charge in [0, 0.05) is 77.0 Å². The second-order valence-electron chi connectivity index (χ2n) is 30.8. The summed E-state index contributed by atoms with van der Waals surface area (Å²) in [4.78, 5) is 155. The Morgan fingerprint density at radius 1 is 0.640 bits per heavy atom. The molecule has 11 N–H and O–H groups in total. The number of para-hydroxylation sites is 1. The minimum Gasteiger partial charge on any atom is -0.445 e. The summed E-state index contributed by atoms with van der Waals surface area (Å²) in [5.74, 6) is 1.22. The Hall–Kier alpha value is -9.99. The summed E-state index contributed by atoms with van der Waals surface area (Å²) in [6.07, 6.45) is 3.27. The van der Waals surface area contributed by atoms with Crippen LogP contribution in [0.15, 0.2) is 103 Å². The maximum atomic E-state index is 14.9. The van der Waals surface area contributed by atoms with Gasteiger partial charge < -0.3 is 91.8 Å². The molecule has 0 bridgehead atoms. The highest BCUT2D eigenvalue weighted by Gasteiger charge is 2.45. The molecule has 0 aromatic heterocycles. The van der Waals surface area contributed by atoms with Crippen molar-refractivity contribution in [2.45, 2.75) is 219 Å². The van der Waals surface area contributed by atoms with Crippen LogP contribution in [0.1, 0.15) is 179 Å². The van der Waals surface area contributed by atoms with Crippen LogP contribution >= 0.6 is 0 Å². The molecule has 2 heterocycles. The Kier molecular flexibility index (Phi) is 36.6. The lowest BCUT2D eigenvalue weighted by Gasteiger charge is -2.43. The van der Waals surface area contributed by atoms with E-state index in [-0.39, 0.29) is 114 Å². The van der Waals surface area contributed by atoms with Crippen LogP contribution in [0, 0.1) is 35.5 Å². The molecule has 29 heteroatoms. The summed E-state index contributed by atoms with van der Waals surface area (Å²) in [6.45, 7) is 15.0. The fourth-order valence-corrected chi connectivity index (χ4v) is 14.7. The highest BCUT2D eigenvalue weighted by Crippen LogP contribution is 2.35. The molecule has 114 heavy (non-hydrogen) atoms. The van der Waals surface area contributed by atoms with Crippen molar-refractivity contribution in [3.63, 3.8) is 0 Å². The lowest BCUT2D eigenvalue weighted by atomic mass is 9.80. The smallest absolute Gasteiger partial charge is 0.408 e. The summed E-state index contributed by atoms with van der Waals surface area (Å²) in [7, 11) is 4.73. The molecule has 0 spiro atoms. The number of nitrogens with one attached hydrogen (secondary N) is 8. The van der Waals surface area contributed by atoms with E-state index in [1.807, 2.05) is 66.7 Å². The monoisotopic (exact) mass is 1580 g/mol. The van der Waals surface area contributed by atoms with E-state index in [1.54, 1.807) is 99.7 Å². The molecule has 3 aliphatic rings. The van der Waals surface area contributed by atoms with Crippen molar-refractivity contribution >= 4 is 76.7 Å². The fraction of sp³-hybridized carbons (Fsp3) is 0.565. The average Bonchev–Trinajstić information content (AvgIpc) is 1.24. The number of rotatable bonds is 43. The third kappa shape index (κ3) is 27.7. The molecule has 1 aliphatic carbocycles. The van der Waals surface area contributed by atoms with Crippen LogP contribution in [-0.4, -0.2) is 202 Å². The zero-order valence-corrected chi connectivity index (χ0v) is 68.0. The maximum Gasteiger partial charge on any atom is 0.408 e. The van der Waals surface area contributed by atoms with Crippen molar-refractivity contribution in [1.29, 1.82) is 0 Å². The van der Waals surface area contributed by atoms with Crippen molar-refractivity contribution in [3.05, 3.63) is 131 Å². The number of fused-ring (bicyclic) bond motifs is 2. The van der Waals surface area contributed by atoms with Gasteiger partial charge >= 0.3 is 12.1 Å². The topological polar surface area (TPSA) is 386 Å². The molecule has 4 aromatic carbocycles. The molecule has 2 aliphatic heterocycles. The largest absolute Gasteiger partial charge is 0.445 e. The number of alkyl carbamates (subject to hydrolysis) is 1. The first kappa shape index (κ1) is 91.2. The number of carbonyl (C=O) groups excluding carboxylic acids is 11. The third-order valence-corrected chi connectivity index (χ3v) is 21.2. The van der Waals surface area contributed by atoms with E-state index in [2.05, 4.69) is 54.4 Å². The minimum absolute atomic E-state index is 0.0126. The van der Waals surface area contributed by atoms with Gasteiger partial charge in [0.05, 0.1) is 87.4 Å². The standard InChI is InChI=1S/C85H120N12O17/c1-54(2)73(92-70(99)43-47-112-49-50-113-48-45-87-69(98)35-22-36-71(100)97-52-63-31-19-18-25-59(63)39-40-60-26-20-21-33-66(60)97)80(105)91-65(32-23-44-88-83(86)108)79(104)90-64-41-37-58(38-42-64)53-114-84(109)94-85(7,8)82(107)93-74(55(3)4)81(106)95(9)75(61-27-14-12-15-28-61)68(110-10)51-72(101)96-46-24-34-67(96)77(111-11)56(5)78(103)89-57(6)76(102)62-29-16-13-17-30-62/h13,16-21,25-26,29-31,33,37-38,41-42,54-57,61,65,67-68,73-77,102H,12,14-15,22-24,27-28,32,34-36,43-53H2,1-11H3,(H,87,98)(H,89,103)(H,90,104)(H,91,105)(H,92,99)(H,93,107)(H,94,109)(H3,86,88,108)/t56-,57-,65?,67+,68-,73+,74+,75+,76-,77-/m1/s1. The van der Waals surface area contributed by atoms with Crippen LogP contribution in [-0.2, 0) is 80.0 Å². The van der Waals surface area contributed by atoms with E-state index in [0.29, 0.717) is 49.2 Å². The molecule has 0 radical (unpaired) electrons. The summed E-state index contributed by atoms with van der Waals surface area (Å²) >= 11 is 0. The highest BCUT2D eigenvalue weighted by molar-refractivity contribution is 5.99. The van der Waals surface area contributed by atoms with E-state index in [4.69, 9.17) is 29.4 Å². The molecule has 622 valence electrons. The van der Waals surface area contributed by atoms with Crippen LogP contribution in [0.3, 0.4) is 0 Å². The van der Waals surface area contributed by atoms with Gasteiger partial charge in [0.25, 0.3) is 0 Å². The van der Waals surface area contributed by atoms with Crippen molar-refractivity contribution in [2.24, 2.45) is 29.4 Å². The maximum absolute atomic E-state index is 14.9. The number of nitrogens with two attached hydrogens (primary N) is 1. The number of aliphatic hydroxyl groups excluding tert-OH is 1. The van der Waals surface area contributed by atoms with Gasteiger partial charge in [-0.2, -0.15) is 0 Å². The lowest BCUT2D eigenvalue weighted by Crippen LogP contribution is -2.62. The fourth-order valence-electron chi connectivity index (χ4n) is 14.7. The Morgan fingerprint density at radius 3 is 1.97 bits per heavy atom. The number of likely N-dealkylation sites (tertiary alicyclic amines) is 1. The molecule has 29 nitrogen and oxygen atoms in total. The number of likely N-dealkylation sites (N-methyl/N-ethyl adjacent to an activating group) is 1. The van der Waals surface area contributed by atoms with Crippen LogP contribution in [0.25, 0.3) is 0 Å². The molecule has 1 saturated carbocycles. The Bertz CT molecular complexity index is 3920. The zero-order chi connectivity index (χ0) is 83.0. The van der Waals surface area contributed by atoms with E-state index in [9.17, 15) is 57.8 Å². The number of carbonyl (C=O) groups is 11. The first-order chi connectivity index (χ1) is 54.5. The summed E-state index contributed by atoms with van der Waals surface area (Å²) in [5.41, 5.74) is 8.48. The van der Waals surface area contributed by atoms with Crippen LogP contribution < -0.4 is 53.2 Å². The van der Waals surface area contributed by atoms with Crippen LogP contribution in [0.2, 0.25) is 0 Å². The van der Waals surface area contributed by atoms with E-state index in [0.717, 1.165) is 54.5 Å². The second-order valence-corrected chi connectivity index (χ2v) is 30.8. The second kappa shape index (κ2) is 45.8. The number of benzene rings is 4. The molecule has 7 rings (SSSR count). The van der Waals surface area contributed by atoms with Gasteiger partial charge in [0.15, 0.2) is 0 Å². The summed E-state index contributed by atoms with van der Waals surface area (Å²) in [6, 6.07) is 25.0. The van der Waals surface area contributed by atoms with Gasteiger partial charge in [-0.1, -0.05) is 139 Å². The molecular weight excluding hydrogens is 1460 g/mol. The van der Waals surface area contributed by atoms with Gasteiger partial charge in [-0.15, -0.1) is 0 Å². The zero-order valence-electron chi connectivity index (χ0n) is 68.0. The number of nitrogens with zero attached hydrogens (tertiary/aromatic N) is 3. The lowest BCUT2D eigenvalue weighted by molar-refractivity contribution is -0.148. The quantitative estimate of drug-likeness (QED) is 0.0155. The molecule has 10 atom stereocenters. The normalized spacial score (nSPS) is 16.5. The number of hydrogen-bond donors (Lipinski definition) is 10. The highest BCUT2D eigenvalue weighted by atomic mass is 16.5. The van der Waals surface area contributed by atoms with Crippen molar-refractivity contribution in [1.82, 2.24) is 47.0 Å². The Balaban J connectivity index is 0.833. The van der Waals surface area contributed by atoms with Crippen LogP contribution in [0.5, 0.6) is 0 Å². The van der Waals surface area contributed by atoms with Crippen molar-refractivity contribution in [2.75, 3.05) is 77.5 Å². The first-order valence-corrected chi connectivity index (χ1v) is 39.9. The van der Waals surface area contributed by atoms with Crippen molar-refractivity contribution in [3.8, 4) is 11.8 Å². The number of urea groups is 1. The number of anilines is 2. The molecular formula is C85H120N12O17. The minimum atomic E-state index is -1.60. The van der Waals surface area contributed by atoms with E-state index in [1.165, 1.54) is 28.1 Å². The SMILES string of the molecule is CO[C@H]([C@@H](C)C(=O)N[C@H](C)[C@@H](O)c1ccccc1)[C@@H]1CCCN1C(=O)C[C@@H](OC)[C@H](C1CCCCC1)N(C)C(=O)[C@@H](NC(=O)C(C)(C)NC(=O)OCc1ccc(NC(=O)C(CCCNC(N)=O)NC(=O)[C@@H](NC(=O)CCOCCOCCNC(=O)CCCC(=O)N2Cc3ccccc3C#Cc3ccccc32)C(C)C)cc1)C(C)C. The van der Waals surface area contributed by atoms with Crippen LogP contribution in [0.4, 0.5) is 21.0 Å². The molecule has 1 saturated heterocycles. The van der Waals surface area contributed by atoms with Gasteiger partial charge in [-0.05, 0) is 130 Å². The van der Waals surface area contributed by atoms with Gasteiger partial charge in [0.2, 0.25) is 53.2 Å². The number of ether oxygens (including phenoxy) is 5. The van der Waals surface area contributed by atoms with Gasteiger partial charge in [-0.25, -0.2) is 9.59 Å². The van der Waals surface area contributed by atoms with E-state index < -0.39 is 120 Å². The predicted octanol–water partition coefficient (Wildman–Crippen LogP) is 7.19. The van der Waals surface area contributed by atoms with E-state index >= 15 is 0 Å². The molecule has 12 amide bonds. The average molecular weight is 1580 g/mol. The number of hydrogen-bond acceptors (Lipinski definition) is 17. The molecule has 1 unspecified atom stereocenters. The summed E-state index contributed by atoms with van der Waals surface area (Å²) in [5, 5.41) is 33.1. The number of amides is 12. The number of aliphatic hydroxyl groups is 1. The molecule has 2 fully saturated rings. The van der Waals surface area contributed by atoms with Gasteiger partial charge in [-0.3, -0.25) is 43.2 Å². The Morgan fingerprint density at radius 2 is 1.30 bits per heavy atom. The summed E-state index contributed by atoms with van der Waals surface area (Å²) < 4.78 is 29.0. The Labute approximate surface area is 670 Å². The number of primary amides is 1. The predicted molar refractivity (Wildman–Crippen MR) is 430 cm³/mol. The van der Waals surface area contributed by atoms with Crippen molar-refractivity contribution < 1.29 is 81.5 Å². The van der Waals surface area contributed by atoms with Gasteiger partial charge in [0.1, 0.15) is 30.3 Å². The first-order valence-electron chi connectivity index (χ1n) is 39.9. The molecule has 4 aromatic rings. The number of methoxy groups -OCH3 is 2.